The van der Waals surface area contributed by atoms with Crippen molar-refractivity contribution in [1.82, 2.24) is 0 Å². The molecule has 0 aromatic carbocycles. The Balaban J connectivity index is -0.00000000503. The fourth-order valence-electron chi connectivity index (χ4n) is 0. The number of rotatable bonds is 0. The first-order chi connectivity index (χ1) is 6.00. The Hall–Kier alpha value is 1.77. The van der Waals surface area contributed by atoms with Gasteiger partial charge in [-0.1, -0.05) is 0 Å². The van der Waals surface area contributed by atoms with Gasteiger partial charge >= 0.3 is 77.2 Å². The van der Waals surface area contributed by atoms with Crippen molar-refractivity contribution in [3.63, 3.8) is 0 Å². The Morgan fingerprint density at radius 3 is 0.333 bits per heavy atom. The molecule has 0 spiro atoms. The molecular weight excluding hydrogens is 482 g/mol. The smallest absolute Gasteiger partial charge is 0.828 e. The molecule has 27 heteroatoms. The summed E-state index contributed by atoms with van der Waals surface area (Å²) < 4.78 is 0. The molecule has 0 unspecified atom stereocenters. The quantitative estimate of drug-likeness (QED) is 0.135. The summed E-state index contributed by atoms with van der Waals surface area (Å²) in [7, 11) is -14.3. The molecule has 0 aliphatic carbocycles. The predicted octanol–water partition coefficient (Wildman–Crippen LogP) is -23.3. The van der Waals surface area contributed by atoms with E-state index in [0.29, 0.717) is 0 Å². The van der Waals surface area contributed by atoms with Crippen LogP contribution in [0.2, 0.25) is 0 Å². The summed E-state index contributed by atoms with van der Waals surface area (Å²) in [6.45, 7) is 0. The van der Waals surface area contributed by atoms with Crippen LogP contribution in [0.25, 0.3) is 0 Å². The first-order valence-corrected chi connectivity index (χ1v) is 7.93. The number of hydrogen-bond acceptors (Lipinski definition) is 12. The van der Waals surface area contributed by atoms with Crippen LogP contribution in [0.1, 0.15) is 0 Å². The van der Waals surface area contributed by atoms with Crippen LogP contribution in [-0.2, 0) is 0 Å². The van der Waals surface area contributed by atoms with Crippen molar-refractivity contribution >= 4 is 27.1 Å². The molecule has 0 aromatic heterocycles. The van der Waals surface area contributed by atoms with E-state index in [0.717, 1.165) is 0 Å². The van der Waals surface area contributed by atoms with E-state index < -0.39 is 27.1 Å². The van der Waals surface area contributed by atoms with Crippen LogP contribution in [-0.4, -0.2) is 130 Å². The van der Waals surface area contributed by atoms with E-state index in [9.17, 15) is 0 Å². The molecule has 0 amide bonds. The van der Waals surface area contributed by atoms with Crippen molar-refractivity contribution in [1.29, 1.82) is 0 Å². The van der Waals surface area contributed by atoms with Gasteiger partial charge in [0, 0.05) is 0 Å². The first kappa shape index (κ1) is 117. The Morgan fingerprint density at radius 1 is 0.333 bits per heavy atom. The summed E-state index contributed by atoms with van der Waals surface area (Å²) in [6, 6.07) is 0. The van der Waals surface area contributed by atoms with Gasteiger partial charge in [-0.05, 0) is 0 Å². The molecule has 27 heavy (non-hydrogen) atoms. The van der Waals surface area contributed by atoms with E-state index in [-0.39, 0.29) is 114 Å². The minimum Gasteiger partial charge on any atom is -0.828 e. The van der Waals surface area contributed by atoms with Crippen LogP contribution in [0.3, 0.4) is 0 Å². The van der Waals surface area contributed by atoms with Crippen molar-refractivity contribution in [3.05, 3.63) is 0 Å². The zero-order valence-corrected chi connectivity index (χ0v) is 20.8. The SMILES string of the molecule is O.O.O.O.O.O.O.O.O.O.O[Si](O)(O)O.O[Si](O)(O)O.[Na+].[Na+].[O-][Si]([O-])(O)O. The maximum atomic E-state index is 8.80. The Labute approximate surface area is 197 Å². The fraction of sp³-hybridized carbons (Fsp3) is 0. The van der Waals surface area contributed by atoms with Gasteiger partial charge in [0.2, 0.25) is 0 Å². The summed E-state index contributed by atoms with van der Waals surface area (Å²) in [6.07, 6.45) is 0. The Bertz CT molecular complexity index is 98.6. The van der Waals surface area contributed by atoms with E-state index in [4.69, 9.17) is 57.5 Å². The van der Waals surface area contributed by atoms with E-state index in [1.54, 1.807) is 0 Å². The van der Waals surface area contributed by atoms with Gasteiger partial charge in [0.25, 0.3) is 0 Å². The van der Waals surface area contributed by atoms with E-state index in [2.05, 4.69) is 0 Å². The third-order valence-corrected chi connectivity index (χ3v) is 0. The average Bonchev–Trinajstić information content (AvgIpc) is 1.41. The summed E-state index contributed by atoms with van der Waals surface area (Å²) in [5.74, 6) is 0. The second kappa shape index (κ2) is 50.9. The maximum absolute atomic E-state index is 8.80. The van der Waals surface area contributed by atoms with Crippen molar-refractivity contribution in [2.45, 2.75) is 0 Å². The molecule has 0 aliphatic heterocycles. The Morgan fingerprint density at radius 2 is 0.333 bits per heavy atom. The van der Waals surface area contributed by atoms with Gasteiger partial charge in [0.1, 0.15) is 9.05 Å². The van der Waals surface area contributed by atoms with Crippen molar-refractivity contribution in [2.75, 3.05) is 0 Å². The van der Waals surface area contributed by atoms with Crippen molar-refractivity contribution in [2.24, 2.45) is 0 Å². The van der Waals surface area contributed by atoms with Crippen LogP contribution in [0.5, 0.6) is 0 Å². The molecule has 0 bridgehead atoms. The average molecular weight is 512 g/mol. The summed E-state index contributed by atoms with van der Waals surface area (Å²) >= 11 is 0. The van der Waals surface area contributed by atoms with Gasteiger partial charge in [-0.3, -0.25) is 0 Å². The van der Waals surface area contributed by atoms with Gasteiger partial charge in [0.05, 0.1) is 0 Å². The van der Waals surface area contributed by atoms with Gasteiger partial charge in [-0.25, -0.2) is 0 Å². The zero-order valence-electron chi connectivity index (χ0n) is 13.8. The third-order valence-electron chi connectivity index (χ3n) is 0. The molecule has 0 aliphatic rings. The molecule has 0 atom stereocenters. The molecule has 176 valence electrons. The summed E-state index contributed by atoms with van der Waals surface area (Å²) in [4.78, 5) is 90.4. The molecule has 30 N–H and O–H groups in total. The van der Waals surface area contributed by atoms with Gasteiger partial charge in [-0.2, -0.15) is 0 Å². The number of hydrogen-bond donors (Lipinski definition) is 10. The van der Waals surface area contributed by atoms with Crippen LogP contribution < -0.4 is 68.7 Å². The molecule has 0 rings (SSSR count). The molecule has 0 radical (unpaired) electrons. The molecule has 0 fully saturated rings. The van der Waals surface area contributed by atoms with Crippen molar-refractivity contribution in [3.8, 4) is 0 Å². The van der Waals surface area contributed by atoms with Crippen LogP contribution in [0.4, 0.5) is 0 Å². The molecular formula is H30Na2O22Si3. The molecule has 0 heterocycles. The van der Waals surface area contributed by atoms with Crippen LogP contribution >= 0.6 is 0 Å². The topological polar surface area (TPSA) is 563 Å². The standard InChI is InChI=1S/2Na.2H4O4Si.H2O4Si.10H2O/c;;3*1-5(2,3)4;;;;;;;;;;/h;;2*1-4H;1-2H;10*1H2/q2*+1;;;-2;;;;;;;;;;. The second-order valence-electron chi connectivity index (χ2n) is 1.75. The van der Waals surface area contributed by atoms with Gasteiger partial charge in [-0.15, -0.1) is 0 Å². The molecule has 22 nitrogen and oxygen atoms in total. The van der Waals surface area contributed by atoms with E-state index >= 15 is 0 Å². The normalized spacial score (nSPS) is 6.67. The minimum absolute atomic E-state index is 0. The van der Waals surface area contributed by atoms with E-state index in [1.807, 2.05) is 0 Å². The largest absolute Gasteiger partial charge is 1.00 e. The Kier molecular flexibility index (Phi) is 221. The monoisotopic (exact) mass is 512 g/mol. The molecule has 0 saturated carbocycles. The van der Waals surface area contributed by atoms with Crippen LogP contribution in [0.15, 0.2) is 0 Å². The molecule has 0 aromatic rings. The van der Waals surface area contributed by atoms with E-state index in [1.165, 1.54) is 0 Å². The summed E-state index contributed by atoms with van der Waals surface area (Å²) in [5.41, 5.74) is 0. The van der Waals surface area contributed by atoms with Gasteiger partial charge in [0.15, 0.2) is 0 Å². The molecule has 0 saturated heterocycles. The maximum Gasteiger partial charge on any atom is 1.00 e. The summed E-state index contributed by atoms with van der Waals surface area (Å²) in [5, 5.41) is 0. The van der Waals surface area contributed by atoms with Crippen LogP contribution in [0, 0.1) is 0 Å². The minimum atomic E-state index is -5.11. The fourth-order valence-corrected chi connectivity index (χ4v) is 0. The van der Waals surface area contributed by atoms with Gasteiger partial charge < -0.3 is 112 Å². The predicted molar refractivity (Wildman–Crippen MR) is 75.6 cm³/mol. The zero-order chi connectivity index (χ0) is 13.5. The van der Waals surface area contributed by atoms with Crippen molar-refractivity contribution < 1.29 is 171 Å². The first-order valence-electron chi connectivity index (χ1n) is 2.64. The third kappa shape index (κ3) is 5880. The second-order valence-corrected chi connectivity index (χ2v) is 5.25.